The molecule has 138 valence electrons. The Labute approximate surface area is 164 Å². The molecule has 0 saturated carbocycles. The number of carbonyl (C=O) groups excluding carboxylic acids is 1. The van der Waals surface area contributed by atoms with Crippen LogP contribution in [-0.4, -0.2) is 28.7 Å². The van der Waals surface area contributed by atoms with Crippen molar-refractivity contribution in [2.45, 2.75) is 12.1 Å². The summed E-state index contributed by atoms with van der Waals surface area (Å²) in [4.78, 5) is 12.2. The maximum atomic E-state index is 12.2. The van der Waals surface area contributed by atoms with E-state index in [1.165, 1.54) is 0 Å². The molecule has 1 amide bonds. The van der Waals surface area contributed by atoms with Gasteiger partial charge in [-0.05, 0) is 42.8 Å². The van der Waals surface area contributed by atoms with E-state index in [-0.39, 0.29) is 18.5 Å². The van der Waals surface area contributed by atoms with Crippen LogP contribution in [0.4, 0.5) is 5.69 Å². The van der Waals surface area contributed by atoms with Crippen molar-refractivity contribution in [2.24, 2.45) is 0 Å². The molecule has 7 nitrogen and oxygen atoms in total. The number of hydrogen-bond acceptors (Lipinski definition) is 7. The summed E-state index contributed by atoms with van der Waals surface area (Å²) in [5, 5.41) is 11.7. The van der Waals surface area contributed by atoms with Gasteiger partial charge < -0.3 is 19.2 Å². The second-order valence-corrected chi connectivity index (χ2v) is 7.10. The highest BCUT2D eigenvalue weighted by molar-refractivity contribution is 7.99. The Balaban J connectivity index is 1.38. The molecule has 2 aromatic carbocycles. The number of nitrogens with one attached hydrogen (secondary N) is 1. The third-order valence-corrected chi connectivity index (χ3v) is 4.88. The lowest BCUT2D eigenvalue weighted by Crippen LogP contribution is -2.14. The summed E-state index contributed by atoms with van der Waals surface area (Å²) in [6, 6.07) is 10.7. The number of hydrogen-bond donors (Lipinski definition) is 1. The van der Waals surface area contributed by atoms with Crippen LogP contribution in [0.5, 0.6) is 11.5 Å². The standard InChI is InChI=1S/C18H14ClN3O4S/c1-10-2-4-12(19)7-13(10)20-16(23)8-27-18-22-21-17(26-18)11-3-5-14-15(6-11)25-9-24-14/h2-7H,8-9H2,1H3,(H,20,23). The first-order valence-electron chi connectivity index (χ1n) is 8.01. The summed E-state index contributed by atoms with van der Waals surface area (Å²) in [5.41, 5.74) is 2.33. The number of benzene rings is 2. The Hall–Kier alpha value is -2.71. The van der Waals surface area contributed by atoms with Crippen molar-refractivity contribution in [3.05, 3.63) is 47.0 Å². The van der Waals surface area contributed by atoms with Crippen LogP contribution in [0.25, 0.3) is 11.5 Å². The Bertz CT molecular complexity index is 1010. The zero-order valence-electron chi connectivity index (χ0n) is 14.2. The minimum Gasteiger partial charge on any atom is -0.454 e. The van der Waals surface area contributed by atoms with E-state index in [9.17, 15) is 4.79 Å². The number of nitrogens with zero attached hydrogens (tertiary/aromatic N) is 2. The maximum Gasteiger partial charge on any atom is 0.277 e. The molecule has 1 N–H and O–H groups in total. The SMILES string of the molecule is Cc1ccc(Cl)cc1NC(=O)CSc1nnc(-c2ccc3c(c2)OCO3)o1. The summed E-state index contributed by atoms with van der Waals surface area (Å²) < 4.78 is 16.2. The second kappa shape index (κ2) is 7.50. The Morgan fingerprint density at radius 2 is 2.04 bits per heavy atom. The molecule has 1 aliphatic heterocycles. The van der Waals surface area contributed by atoms with Crippen molar-refractivity contribution >= 4 is 35.0 Å². The highest BCUT2D eigenvalue weighted by Gasteiger charge is 2.17. The van der Waals surface area contributed by atoms with E-state index in [1.807, 2.05) is 19.1 Å². The molecule has 0 bridgehead atoms. The predicted molar refractivity (Wildman–Crippen MR) is 101 cm³/mol. The van der Waals surface area contributed by atoms with Crippen molar-refractivity contribution in [3.63, 3.8) is 0 Å². The van der Waals surface area contributed by atoms with Gasteiger partial charge in [0.25, 0.3) is 5.22 Å². The van der Waals surface area contributed by atoms with Gasteiger partial charge >= 0.3 is 0 Å². The van der Waals surface area contributed by atoms with Gasteiger partial charge in [0, 0.05) is 16.3 Å². The largest absolute Gasteiger partial charge is 0.454 e. The van der Waals surface area contributed by atoms with Gasteiger partial charge in [-0.2, -0.15) is 0 Å². The third kappa shape index (κ3) is 4.01. The molecule has 1 aliphatic rings. The predicted octanol–water partition coefficient (Wildman–Crippen LogP) is 4.16. The number of ether oxygens (including phenoxy) is 2. The highest BCUT2D eigenvalue weighted by Crippen LogP contribution is 2.36. The topological polar surface area (TPSA) is 86.5 Å². The number of anilines is 1. The summed E-state index contributed by atoms with van der Waals surface area (Å²) in [6.45, 7) is 2.10. The van der Waals surface area contributed by atoms with Crippen LogP contribution in [-0.2, 0) is 4.79 Å². The first-order chi connectivity index (χ1) is 13.1. The quantitative estimate of drug-likeness (QED) is 0.640. The summed E-state index contributed by atoms with van der Waals surface area (Å²) >= 11 is 7.12. The Morgan fingerprint density at radius 1 is 1.19 bits per heavy atom. The lowest BCUT2D eigenvalue weighted by molar-refractivity contribution is -0.113. The third-order valence-electron chi connectivity index (χ3n) is 3.83. The Kier molecular flexibility index (Phi) is 4.91. The second-order valence-electron chi connectivity index (χ2n) is 5.74. The molecule has 3 aromatic rings. The van der Waals surface area contributed by atoms with Gasteiger partial charge in [-0.15, -0.1) is 10.2 Å². The van der Waals surface area contributed by atoms with Gasteiger partial charge in [0.1, 0.15) is 0 Å². The van der Waals surface area contributed by atoms with Gasteiger partial charge in [0.2, 0.25) is 18.6 Å². The van der Waals surface area contributed by atoms with Gasteiger partial charge in [-0.25, -0.2) is 0 Å². The number of amides is 1. The lowest BCUT2D eigenvalue weighted by Gasteiger charge is -2.07. The van der Waals surface area contributed by atoms with Crippen LogP contribution in [0.3, 0.4) is 0 Å². The van der Waals surface area contributed by atoms with Crippen LogP contribution >= 0.6 is 23.4 Å². The molecule has 0 atom stereocenters. The molecule has 4 rings (SSSR count). The summed E-state index contributed by atoms with van der Waals surface area (Å²) in [7, 11) is 0. The van der Waals surface area contributed by atoms with Crippen molar-refractivity contribution in [1.29, 1.82) is 0 Å². The van der Waals surface area contributed by atoms with E-state index in [0.29, 0.717) is 33.3 Å². The van der Waals surface area contributed by atoms with Crippen LogP contribution in [0.2, 0.25) is 5.02 Å². The maximum absolute atomic E-state index is 12.2. The van der Waals surface area contributed by atoms with Gasteiger partial charge in [-0.1, -0.05) is 29.4 Å². The van der Waals surface area contributed by atoms with Gasteiger partial charge in [0.15, 0.2) is 11.5 Å². The number of thioether (sulfide) groups is 1. The first-order valence-corrected chi connectivity index (χ1v) is 9.37. The summed E-state index contributed by atoms with van der Waals surface area (Å²) in [5.74, 6) is 1.61. The number of rotatable bonds is 5. The van der Waals surface area contributed by atoms with Gasteiger partial charge in [0.05, 0.1) is 5.75 Å². The molecule has 0 aliphatic carbocycles. The number of aromatic nitrogens is 2. The molecule has 1 aromatic heterocycles. The monoisotopic (exact) mass is 403 g/mol. The molecule has 0 unspecified atom stereocenters. The van der Waals surface area contributed by atoms with Crippen LogP contribution in [0, 0.1) is 6.92 Å². The molecule has 27 heavy (non-hydrogen) atoms. The van der Waals surface area contributed by atoms with Crippen molar-refractivity contribution < 1.29 is 18.7 Å². The number of halogens is 1. The molecule has 0 fully saturated rings. The molecule has 9 heteroatoms. The minimum atomic E-state index is -0.187. The normalized spacial score (nSPS) is 12.2. The minimum absolute atomic E-state index is 0.134. The van der Waals surface area contributed by atoms with Crippen LogP contribution in [0.1, 0.15) is 5.56 Å². The van der Waals surface area contributed by atoms with E-state index < -0.39 is 0 Å². The smallest absolute Gasteiger partial charge is 0.277 e. The van der Waals surface area contributed by atoms with Crippen molar-refractivity contribution in [2.75, 3.05) is 17.9 Å². The van der Waals surface area contributed by atoms with Crippen molar-refractivity contribution in [3.8, 4) is 23.0 Å². The van der Waals surface area contributed by atoms with E-state index >= 15 is 0 Å². The van der Waals surface area contributed by atoms with Crippen LogP contribution < -0.4 is 14.8 Å². The van der Waals surface area contributed by atoms with E-state index in [4.69, 9.17) is 25.5 Å². The highest BCUT2D eigenvalue weighted by atomic mass is 35.5. The molecular formula is C18H14ClN3O4S. The molecular weight excluding hydrogens is 390 g/mol. The molecule has 2 heterocycles. The fourth-order valence-electron chi connectivity index (χ4n) is 2.46. The fraction of sp³-hybridized carbons (Fsp3) is 0.167. The van der Waals surface area contributed by atoms with E-state index in [1.54, 1.807) is 24.3 Å². The average Bonchev–Trinajstić information content (AvgIpc) is 3.31. The van der Waals surface area contributed by atoms with E-state index in [2.05, 4.69) is 15.5 Å². The lowest BCUT2D eigenvalue weighted by atomic mass is 10.2. The molecule has 0 spiro atoms. The first kappa shape index (κ1) is 17.7. The Morgan fingerprint density at radius 3 is 2.93 bits per heavy atom. The zero-order valence-corrected chi connectivity index (χ0v) is 15.8. The van der Waals surface area contributed by atoms with Crippen LogP contribution in [0.15, 0.2) is 46.0 Å². The summed E-state index contributed by atoms with van der Waals surface area (Å²) in [6.07, 6.45) is 0. The number of aryl methyl sites for hydroxylation is 1. The van der Waals surface area contributed by atoms with Gasteiger partial charge in [-0.3, -0.25) is 4.79 Å². The van der Waals surface area contributed by atoms with Crippen molar-refractivity contribution in [1.82, 2.24) is 10.2 Å². The molecule has 0 radical (unpaired) electrons. The van der Waals surface area contributed by atoms with E-state index in [0.717, 1.165) is 22.9 Å². The molecule has 0 saturated heterocycles. The zero-order chi connectivity index (χ0) is 18.8. The average molecular weight is 404 g/mol. The fourth-order valence-corrected chi connectivity index (χ4v) is 3.19. The number of carbonyl (C=O) groups is 1. The number of fused-ring (bicyclic) bond motifs is 1.